The van der Waals surface area contributed by atoms with E-state index < -0.39 is 6.10 Å². The number of morpholine rings is 1. The van der Waals surface area contributed by atoms with Crippen LogP contribution in [0.1, 0.15) is 6.92 Å². The number of quaternary nitrogens is 1. The fourth-order valence-corrected chi connectivity index (χ4v) is 3.18. The third-order valence-electron chi connectivity index (χ3n) is 4.67. The predicted molar refractivity (Wildman–Crippen MR) is 112 cm³/mol. The first-order chi connectivity index (χ1) is 13.6. The fraction of sp³-hybridized carbons (Fsp3) is 0.400. The first-order valence-electron chi connectivity index (χ1n) is 9.52. The van der Waals surface area contributed by atoms with E-state index in [0.29, 0.717) is 10.9 Å². The number of hydrogen-bond acceptors (Lipinski definition) is 4. The van der Waals surface area contributed by atoms with E-state index >= 15 is 0 Å². The first kappa shape index (κ1) is 20.3. The zero-order valence-corrected chi connectivity index (χ0v) is 16.8. The predicted octanol–water partition coefficient (Wildman–Crippen LogP) is 0.0175. The average molecular weight is 404 g/mol. The van der Waals surface area contributed by atoms with Gasteiger partial charge < -0.3 is 19.7 Å². The van der Waals surface area contributed by atoms with Crippen LogP contribution in [0.2, 0.25) is 0 Å². The molecule has 0 aliphatic carbocycles. The van der Waals surface area contributed by atoms with Gasteiger partial charge in [0.05, 0.1) is 26.3 Å². The van der Waals surface area contributed by atoms with Crippen LogP contribution in [0.25, 0.3) is 10.8 Å². The Kier molecular flexibility index (Phi) is 7.41. The second kappa shape index (κ2) is 10.2. The second-order valence-corrected chi connectivity index (χ2v) is 7.16. The Morgan fingerprint density at radius 2 is 1.93 bits per heavy atom. The summed E-state index contributed by atoms with van der Waals surface area (Å²) < 4.78 is 11.1. The maximum absolute atomic E-state index is 12.2. The van der Waals surface area contributed by atoms with Gasteiger partial charge in [0.1, 0.15) is 18.8 Å². The van der Waals surface area contributed by atoms with E-state index in [2.05, 4.69) is 16.2 Å². The molecule has 28 heavy (non-hydrogen) atoms. The van der Waals surface area contributed by atoms with E-state index in [1.807, 2.05) is 42.5 Å². The monoisotopic (exact) mass is 403 g/mol. The van der Waals surface area contributed by atoms with E-state index in [1.165, 1.54) is 4.90 Å². The Balaban J connectivity index is 1.37. The van der Waals surface area contributed by atoms with Gasteiger partial charge in [0.2, 0.25) is 0 Å². The summed E-state index contributed by atoms with van der Waals surface area (Å²) in [5.41, 5.74) is 5.31. The van der Waals surface area contributed by atoms with Gasteiger partial charge in [0, 0.05) is 0 Å². The molecule has 0 aromatic heterocycles. The third kappa shape index (κ3) is 6.05. The van der Waals surface area contributed by atoms with Crippen LogP contribution in [-0.4, -0.2) is 56.5 Å². The quantitative estimate of drug-likeness (QED) is 0.403. The van der Waals surface area contributed by atoms with Gasteiger partial charge in [-0.1, -0.05) is 30.3 Å². The molecule has 0 spiro atoms. The van der Waals surface area contributed by atoms with Crippen molar-refractivity contribution in [1.29, 1.82) is 0 Å². The lowest BCUT2D eigenvalue weighted by atomic mass is 10.1. The van der Waals surface area contributed by atoms with Gasteiger partial charge in [-0.3, -0.25) is 15.6 Å². The maximum atomic E-state index is 12.2. The van der Waals surface area contributed by atoms with Crippen LogP contribution in [0.15, 0.2) is 42.5 Å². The van der Waals surface area contributed by atoms with Crippen molar-refractivity contribution >= 4 is 34.0 Å². The lowest BCUT2D eigenvalue weighted by Gasteiger charge is -2.24. The Hall–Kier alpha value is -2.42. The van der Waals surface area contributed by atoms with Crippen molar-refractivity contribution in [3.05, 3.63) is 42.5 Å². The van der Waals surface area contributed by atoms with Crippen LogP contribution in [0.4, 0.5) is 0 Å². The fourth-order valence-electron chi connectivity index (χ4n) is 3.03. The third-order valence-corrected chi connectivity index (χ3v) is 4.91. The molecule has 8 heteroatoms. The van der Waals surface area contributed by atoms with Crippen molar-refractivity contribution < 1.29 is 19.2 Å². The molecule has 1 amide bonds. The van der Waals surface area contributed by atoms with Crippen LogP contribution in [0.5, 0.6) is 5.75 Å². The minimum atomic E-state index is -0.658. The molecule has 2 aromatic rings. The molecule has 1 heterocycles. The van der Waals surface area contributed by atoms with Crippen molar-refractivity contribution in [2.75, 3.05) is 39.4 Å². The minimum Gasteiger partial charge on any atom is -0.481 e. The number of ether oxygens (including phenoxy) is 2. The summed E-state index contributed by atoms with van der Waals surface area (Å²) in [7, 11) is 0. The molecular weight excluding hydrogens is 376 g/mol. The topological polar surface area (TPSA) is 76.1 Å². The van der Waals surface area contributed by atoms with Gasteiger partial charge in [-0.15, -0.1) is 0 Å². The van der Waals surface area contributed by atoms with E-state index in [-0.39, 0.29) is 5.91 Å². The molecule has 150 valence electrons. The highest BCUT2D eigenvalue weighted by Gasteiger charge is 2.16. The number of rotatable bonds is 6. The minimum absolute atomic E-state index is 0.295. The van der Waals surface area contributed by atoms with E-state index in [1.54, 1.807) is 6.92 Å². The standard InChI is InChI=1S/C20H26N4O3S/c1-15(27-18-7-6-16-4-2-3-5-17(16)14-18)19(25)22-23-20(28)21-8-9-24-10-12-26-13-11-24/h2-7,14-15H,8-13H2,1H3,(H,22,25)(H2,21,23,28)/p+1/t15-/m0/s1. The Morgan fingerprint density at radius 3 is 2.71 bits per heavy atom. The summed E-state index contributed by atoms with van der Waals surface area (Å²) in [6, 6.07) is 13.8. The normalized spacial score (nSPS) is 15.6. The number of hydrazine groups is 1. The molecular formula is C20H27N4O3S+. The molecule has 0 saturated carbocycles. The molecule has 7 nitrogen and oxygen atoms in total. The van der Waals surface area contributed by atoms with Gasteiger partial charge in [-0.2, -0.15) is 0 Å². The first-order valence-corrected chi connectivity index (χ1v) is 9.93. The molecule has 3 rings (SSSR count). The molecule has 0 radical (unpaired) electrons. The maximum Gasteiger partial charge on any atom is 0.279 e. The summed E-state index contributed by atoms with van der Waals surface area (Å²) >= 11 is 5.20. The van der Waals surface area contributed by atoms with E-state index in [9.17, 15) is 4.79 Å². The van der Waals surface area contributed by atoms with Gasteiger partial charge >= 0.3 is 0 Å². The Labute approximate surface area is 170 Å². The van der Waals surface area contributed by atoms with Crippen molar-refractivity contribution in [3.63, 3.8) is 0 Å². The number of amides is 1. The summed E-state index contributed by atoms with van der Waals surface area (Å²) in [4.78, 5) is 13.7. The highest BCUT2D eigenvalue weighted by molar-refractivity contribution is 7.80. The molecule has 0 unspecified atom stereocenters. The Bertz CT molecular complexity index is 811. The number of thiocarbonyl (C=S) groups is 1. The number of nitrogens with one attached hydrogen (secondary N) is 4. The summed E-state index contributed by atoms with van der Waals surface area (Å²) in [6.07, 6.45) is -0.658. The molecule has 0 bridgehead atoms. The van der Waals surface area contributed by atoms with Gasteiger partial charge in [-0.05, 0) is 42.0 Å². The van der Waals surface area contributed by atoms with Gasteiger partial charge in [0.15, 0.2) is 11.2 Å². The van der Waals surface area contributed by atoms with Crippen molar-refractivity contribution in [3.8, 4) is 5.75 Å². The van der Waals surface area contributed by atoms with Crippen LogP contribution in [0, 0.1) is 0 Å². The van der Waals surface area contributed by atoms with Crippen LogP contribution in [-0.2, 0) is 9.53 Å². The molecule has 4 N–H and O–H groups in total. The van der Waals surface area contributed by atoms with Crippen LogP contribution >= 0.6 is 12.2 Å². The lowest BCUT2D eigenvalue weighted by molar-refractivity contribution is -0.906. The smallest absolute Gasteiger partial charge is 0.279 e. The molecule has 1 aliphatic rings. The summed E-state index contributed by atoms with van der Waals surface area (Å²) in [5, 5.41) is 5.68. The van der Waals surface area contributed by atoms with Gasteiger partial charge in [-0.25, -0.2) is 0 Å². The average Bonchev–Trinajstić information content (AvgIpc) is 2.72. The van der Waals surface area contributed by atoms with E-state index in [4.69, 9.17) is 21.7 Å². The lowest BCUT2D eigenvalue weighted by Crippen LogP contribution is -3.14. The SMILES string of the molecule is C[C@H](Oc1ccc2ccccc2c1)C(=O)NNC(=S)NCC[NH+]1CCOCC1. The number of carbonyl (C=O) groups is 1. The summed E-state index contributed by atoms with van der Waals surface area (Å²) in [5.74, 6) is 0.353. The number of carbonyl (C=O) groups excluding carboxylic acids is 1. The molecule has 1 aliphatic heterocycles. The molecule has 2 aromatic carbocycles. The largest absolute Gasteiger partial charge is 0.481 e. The molecule has 1 saturated heterocycles. The van der Waals surface area contributed by atoms with Crippen LogP contribution in [0.3, 0.4) is 0 Å². The highest BCUT2D eigenvalue weighted by Crippen LogP contribution is 2.21. The van der Waals surface area contributed by atoms with Crippen molar-refractivity contribution in [2.45, 2.75) is 13.0 Å². The number of benzene rings is 2. The van der Waals surface area contributed by atoms with Crippen molar-refractivity contribution in [2.24, 2.45) is 0 Å². The number of fused-ring (bicyclic) bond motifs is 1. The zero-order valence-electron chi connectivity index (χ0n) is 16.0. The Morgan fingerprint density at radius 1 is 1.18 bits per heavy atom. The van der Waals surface area contributed by atoms with E-state index in [0.717, 1.165) is 50.2 Å². The zero-order chi connectivity index (χ0) is 19.8. The highest BCUT2D eigenvalue weighted by atomic mass is 32.1. The molecule has 1 fully saturated rings. The van der Waals surface area contributed by atoms with Crippen molar-refractivity contribution in [1.82, 2.24) is 16.2 Å². The van der Waals surface area contributed by atoms with Crippen LogP contribution < -0.4 is 25.8 Å². The number of hydrogen-bond donors (Lipinski definition) is 4. The summed E-state index contributed by atoms with van der Waals surface area (Å²) in [6.45, 7) is 7.04. The molecule has 1 atom stereocenters. The van der Waals surface area contributed by atoms with Gasteiger partial charge in [0.25, 0.3) is 5.91 Å². The second-order valence-electron chi connectivity index (χ2n) is 6.75.